The molecule has 19 heavy (non-hydrogen) atoms. The normalized spacial score (nSPS) is 10.5. The third-order valence-electron chi connectivity index (χ3n) is 2.67. The van der Waals surface area contributed by atoms with Crippen LogP contribution in [0.4, 0.5) is 8.78 Å². The van der Waals surface area contributed by atoms with Gasteiger partial charge in [-0.15, -0.1) is 0 Å². The van der Waals surface area contributed by atoms with Crippen molar-refractivity contribution in [1.29, 1.82) is 0 Å². The van der Waals surface area contributed by atoms with Crippen molar-refractivity contribution in [1.82, 2.24) is 10.3 Å². The van der Waals surface area contributed by atoms with Gasteiger partial charge in [-0.05, 0) is 26.0 Å². The maximum absolute atomic E-state index is 13.4. The fourth-order valence-corrected chi connectivity index (χ4v) is 1.55. The molecule has 0 aliphatic heterocycles. The third-order valence-corrected chi connectivity index (χ3v) is 2.67. The molecule has 100 valence electrons. The molecule has 2 rings (SSSR count). The molecule has 0 aliphatic rings. The van der Waals surface area contributed by atoms with E-state index in [9.17, 15) is 13.6 Å². The van der Waals surface area contributed by atoms with Crippen molar-refractivity contribution < 1.29 is 18.0 Å². The summed E-state index contributed by atoms with van der Waals surface area (Å²) in [5, 5.41) is 2.42. The van der Waals surface area contributed by atoms with Crippen LogP contribution in [0.1, 0.15) is 27.7 Å². The Kier molecular flexibility index (Phi) is 3.59. The summed E-state index contributed by atoms with van der Waals surface area (Å²) in [6.45, 7) is 3.54. The lowest BCUT2D eigenvalue weighted by Gasteiger charge is -2.04. The minimum Gasteiger partial charge on any atom is -0.444 e. The lowest BCUT2D eigenvalue weighted by Crippen LogP contribution is -2.24. The van der Waals surface area contributed by atoms with Crippen molar-refractivity contribution in [2.45, 2.75) is 20.4 Å². The standard InChI is InChI=1S/C13H12F2N2O2/c1-7-8(2)19-11(17-7)6-16-13(18)9-4-3-5-10(14)12(9)15/h3-5H,6H2,1-2H3,(H,16,18). The van der Waals surface area contributed by atoms with Crippen LogP contribution < -0.4 is 5.32 Å². The van der Waals surface area contributed by atoms with Gasteiger partial charge in [-0.2, -0.15) is 0 Å². The molecule has 0 radical (unpaired) electrons. The Bertz CT molecular complexity index is 604. The molecule has 0 unspecified atom stereocenters. The number of aryl methyl sites for hydroxylation is 2. The first-order valence-corrected chi connectivity index (χ1v) is 5.64. The number of carbonyl (C=O) groups is 1. The van der Waals surface area contributed by atoms with Gasteiger partial charge in [-0.1, -0.05) is 6.07 Å². The van der Waals surface area contributed by atoms with Crippen molar-refractivity contribution in [2.75, 3.05) is 0 Å². The summed E-state index contributed by atoms with van der Waals surface area (Å²) < 4.78 is 31.6. The van der Waals surface area contributed by atoms with Crippen LogP contribution in [0.25, 0.3) is 0 Å². The smallest absolute Gasteiger partial charge is 0.254 e. The minimum absolute atomic E-state index is 0.0173. The van der Waals surface area contributed by atoms with E-state index in [4.69, 9.17) is 4.42 Å². The van der Waals surface area contributed by atoms with E-state index in [-0.39, 0.29) is 12.1 Å². The molecule has 0 fully saturated rings. The van der Waals surface area contributed by atoms with E-state index in [1.165, 1.54) is 12.1 Å². The second kappa shape index (κ2) is 5.17. The molecule has 2 aromatic rings. The van der Waals surface area contributed by atoms with E-state index in [1.54, 1.807) is 13.8 Å². The highest BCUT2D eigenvalue weighted by atomic mass is 19.2. The summed E-state index contributed by atoms with van der Waals surface area (Å²) in [6, 6.07) is 3.43. The van der Waals surface area contributed by atoms with E-state index in [0.717, 1.165) is 11.8 Å². The van der Waals surface area contributed by atoms with Crippen molar-refractivity contribution in [3.05, 3.63) is 52.7 Å². The van der Waals surface area contributed by atoms with E-state index in [2.05, 4.69) is 10.3 Å². The zero-order chi connectivity index (χ0) is 14.0. The van der Waals surface area contributed by atoms with Gasteiger partial charge in [0.05, 0.1) is 17.8 Å². The maximum Gasteiger partial charge on any atom is 0.254 e. The van der Waals surface area contributed by atoms with Crippen LogP contribution in [0, 0.1) is 25.5 Å². The van der Waals surface area contributed by atoms with Crippen molar-refractivity contribution in [2.24, 2.45) is 0 Å². The van der Waals surface area contributed by atoms with Gasteiger partial charge in [-0.25, -0.2) is 13.8 Å². The van der Waals surface area contributed by atoms with Gasteiger partial charge in [0, 0.05) is 0 Å². The molecular weight excluding hydrogens is 254 g/mol. The topological polar surface area (TPSA) is 55.1 Å². The zero-order valence-corrected chi connectivity index (χ0v) is 10.5. The predicted molar refractivity (Wildman–Crippen MR) is 63.5 cm³/mol. The number of oxazole rings is 1. The molecule has 0 bridgehead atoms. The first kappa shape index (κ1) is 13.2. The Hall–Kier alpha value is -2.24. The number of halogens is 2. The molecule has 0 aliphatic carbocycles. The second-order valence-corrected chi connectivity index (χ2v) is 4.03. The van der Waals surface area contributed by atoms with E-state index in [0.29, 0.717) is 11.7 Å². The number of aromatic nitrogens is 1. The monoisotopic (exact) mass is 266 g/mol. The molecule has 1 aromatic carbocycles. The molecule has 6 heteroatoms. The fourth-order valence-electron chi connectivity index (χ4n) is 1.55. The number of nitrogens with one attached hydrogen (secondary N) is 1. The Balaban J connectivity index is 2.07. The second-order valence-electron chi connectivity index (χ2n) is 4.03. The molecule has 1 amide bonds. The molecule has 4 nitrogen and oxygen atoms in total. The highest BCUT2D eigenvalue weighted by Crippen LogP contribution is 2.12. The molecule has 0 spiro atoms. The average molecular weight is 266 g/mol. The van der Waals surface area contributed by atoms with E-state index in [1.807, 2.05) is 0 Å². The SMILES string of the molecule is Cc1nc(CNC(=O)c2cccc(F)c2F)oc1C. The molecule has 1 aromatic heterocycles. The summed E-state index contributed by atoms with van der Waals surface area (Å²) in [4.78, 5) is 15.8. The third kappa shape index (κ3) is 2.78. The Labute approximate surface area is 108 Å². The largest absolute Gasteiger partial charge is 0.444 e. The summed E-state index contributed by atoms with van der Waals surface area (Å²) in [5.41, 5.74) is 0.376. The minimum atomic E-state index is -1.17. The number of hydrogen-bond donors (Lipinski definition) is 1. The predicted octanol–water partition coefficient (Wildman–Crippen LogP) is 2.50. The van der Waals surface area contributed by atoms with E-state index < -0.39 is 17.5 Å². The van der Waals surface area contributed by atoms with Crippen LogP contribution in [0.3, 0.4) is 0 Å². The quantitative estimate of drug-likeness (QED) is 0.928. The van der Waals surface area contributed by atoms with Crippen LogP contribution in [0.5, 0.6) is 0 Å². The molecule has 1 heterocycles. The number of nitrogens with zero attached hydrogens (tertiary/aromatic N) is 1. The average Bonchev–Trinajstić information content (AvgIpc) is 2.69. The number of amides is 1. The highest BCUT2D eigenvalue weighted by molar-refractivity contribution is 5.94. The lowest BCUT2D eigenvalue weighted by atomic mass is 10.2. The Morgan fingerprint density at radius 1 is 1.37 bits per heavy atom. The van der Waals surface area contributed by atoms with Crippen molar-refractivity contribution in [3.63, 3.8) is 0 Å². The van der Waals surface area contributed by atoms with Crippen LogP contribution in [0.15, 0.2) is 22.6 Å². The molecule has 0 atom stereocenters. The van der Waals surface area contributed by atoms with Gasteiger partial charge in [0.25, 0.3) is 5.91 Å². The first-order chi connectivity index (χ1) is 8.99. The number of benzene rings is 1. The molecular formula is C13H12F2N2O2. The zero-order valence-electron chi connectivity index (χ0n) is 10.5. The van der Waals surface area contributed by atoms with Crippen LogP contribution in [-0.2, 0) is 6.54 Å². The van der Waals surface area contributed by atoms with Gasteiger partial charge in [0.15, 0.2) is 11.6 Å². The summed E-state index contributed by atoms with van der Waals surface area (Å²) in [6.07, 6.45) is 0. The highest BCUT2D eigenvalue weighted by Gasteiger charge is 2.15. The van der Waals surface area contributed by atoms with Crippen LogP contribution >= 0.6 is 0 Å². The molecule has 1 N–H and O–H groups in total. The fraction of sp³-hybridized carbons (Fsp3) is 0.231. The van der Waals surface area contributed by atoms with Crippen LogP contribution in [-0.4, -0.2) is 10.9 Å². The van der Waals surface area contributed by atoms with E-state index >= 15 is 0 Å². The number of carbonyl (C=O) groups excluding carboxylic acids is 1. The van der Waals surface area contributed by atoms with Gasteiger partial charge >= 0.3 is 0 Å². The lowest BCUT2D eigenvalue weighted by molar-refractivity contribution is 0.0942. The van der Waals surface area contributed by atoms with Crippen molar-refractivity contribution >= 4 is 5.91 Å². The summed E-state index contributed by atoms with van der Waals surface area (Å²) in [7, 11) is 0. The molecule has 0 saturated carbocycles. The molecule has 0 saturated heterocycles. The number of hydrogen-bond acceptors (Lipinski definition) is 3. The Morgan fingerprint density at radius 3 is 2.74 bits per heavy atom. The van der Waals surface area contributed by atoms with Gasteiger partial charge in [0.2, 0.25) is 5.89 Å². The van der Waals surface area contributed by atoms with Crippen molar-refractivity contribution in [3.8, 4) is 0 Å². The van der Waals surface area contributed by atoms with Gasteiger partial charge in [-0.3, -0.25) is 4.79 Å². The van der Waals surface area contributed by atoms with Gasteiger partial charge < -0.3 is 9.73 Å². The van der Waals surface area contributed by atoms with Gasteiger partial charge in [0.1, 0.15) is 5.76 Å². The summed E-state index contributed by atoms with van der Waals surface area (Å²) in [5.74, 6) is -1.97. The number of rotatable bonds is 3. The summed E-state index contributed by atoms with van der Waals surface area (Å²) >= 11 is 0. The first-order valence-electron chi connectivity index (χ1n) is 5.64. The van der Waals surface area contributed by atoms with Crippen LogP contribution in [0.2, 0.25) is 0 Å². The Morgan fingerprint density at radius 2 is 2.11 bits per heavy atom. The maximum atomic E-state index is 13.4.